The van der Waals surface area contributed by atoms with E-state index in [2.05, 4.69) is 0 Å². The second-order valence-electron chi connectivity index (χ2n) is 4.15. The van der Waals surface area contributed by atoms with E-state index in [9.17, 15) is 4.79 Å². The van der Waals surface area contributed by atoms with Gasteiger partial charge in [-0.3, -0.25) is 0 Å². The van der Waals surface area contributed by atoms with Crippen molar-refractivity contribution in [2.45, 2.75) is 27.7 Å². The smallest absolute Gasteiger partial charge is 0.572 e. The molecule has 0 spiro atoms. The van der Waals surface area contributed by atoms with Crippen LogP contribution in [0, 0.1) is 19.8 Å². The fraction of sp³-hybridized carbons (Fsp3) is 0.500. The van der Waals surface area contributed by atoms with Crippen LogP contribution in [-0.4, -0.2) is 12.8 Å². The Morgan fingerprint density at radius 3 is 2.29 bits per heavy atom. The number of aromatic nitrogens is 1. The maximum atomic E-state index is 11.4. The fourth-order valence-corrected chi connectivity index (χ4v) is 1.22. The Balaban J connectivity index is 0.00000256. The first-order valence-corrected chi connectivity index (χ1v) is 5.34. The molecule has 0 bridgehead atoms. The average Bonchev–Trinajstić information content (AvgIpc) is 2.21. The molecule has 1 aromatic heterocycles. The summed E-state index contributed by atoms with van der Waals surface area (Å²) in [6.45, 7) is 8.04. The lowest BCUT2D eigenvalue weighted by Gasteiger charge is -2.05. The molecule has 0 aliphatic carbocycles. The summed E-state index contributed by atoms with van der Waals surface area (Å²) >= 11 is 0. The van der Waals surface area contributed by atoms with Gasteiger partial charge in [0.05, 0.1) is 6.61 Å². The van der Waals surface area contributed by atoms with Crippen molar-refractivity contribution >= 4 is 6.16 Å². The first-order valence-electron chi connectivity index (χ1n) is 5.34. The van der Waals surface area contributed by atoms with Gasteiger partial charge in [0, 0.05) is 30.7 Å². The van der Waals surface area contributed by atoms with Crippen LogP contribution < -0.4 is 22.0 Å². The van der Waals surface area contributed by atoms with E-state index in [0.29, 0.717) is 12.5 Å². The van der Waals surface area contributed by atoms with Gasteiger partial charge < -0.3 is 17.1 Å². The quantitative estimate of drug-likeness (QED) is 0.507. The van der Waals surface area contributed by atoms with Crippen molar-refractivity contribution in [3.05, 3.63) is 29.6 Å². The Labute approximate surface area is 108 Å². The number of carbonyl (C=O) groups excluding carboxylic acids is 1. The Bertz CT molecular complexity index is 360. The van der Waals surface area contributed by atoms with Crippen LogP contribution in [0.1, 0.15) is 25.2 Å². The number of nitrogens with zero attached hydrogens (tertiary/aromatic N) is 1. The lowest BCUT2D eigenvalue weighted by molar-refractivity contribution is -0.878. The molecule has 0 aromatic carbocycles. The standard InChI is InChI=1S/C12H18NO3.ClH/c1-9(2)8-15-12(14)16-13-10(3)6-5-7-11(13)4;/h5-7,9H,8H2,1-4H3;1H/q+1;/p-1. The van der Waals surface area contributed by atoms with Gasteiger partial charge in [0.15, 0.2) is 0 Å². The summed E-state index contributed by atoms with van der Waals surface area (Å²) in [5.41, 5.74) is 1.70. The van der Waals surface area contributed by atoms with Crippen LogP contribution in [-0.2, 0) is 4.74 Å². The number of hydrogen-bond donors (Lipinski definition) is 0. The molecule has 1 rings (SSSR count). The molecule has 0 unspecified atom stereocenters. The number of halogens is 1. The van der Waals surface area contributed by atoms with Gasteiger partial charge in [-0.2, -0.15) is 4.79 Å². The normalized spacial score (nSPS) is 9.71. The topological polar surface area (TPSA) is 39.4 Å². The Morgan fingerprint density at radius 2 is 1.82 bits per heavy atom. The molecule has 0 aliphatic heterocycles. The lowest BCUT2D eigenvalue weighted by atomic mass is 10.2. The van der Waals surface area contributed by atoms with Gasteiger partial charge in [-0.1, -0.05) is 13.8 Å². The number of hydrogen-bond acceptors (Lipinski definition) is 3. The number of aryl methyl sites for hydroxylation is 2. The molecule has 0 saturated carbocycles. The van der Waals surface area contributed by atoms with Crippen LogP contribution in [0.2, 0.25) is 0 Å². The Hall–Kier alpha value is -1.29. The van der Waals surface area contributed by atoms with Crippen molar-refractivity contribution in [2.75, 3.05) is 6.61 Å². The molecule has 17 heavy (non-hydrogen) atoms. The van der Waals surface area contributed by atoms with Crippen LogP contribution in [0.15, 0.2) is 18.2 Å². The van der Waals surface area contributed by atoms with E-state index in [1.54, 1.807) is 0 Å². The van der Waals surface area contributed by atoms with Gasteiger partial charge in [0.1, 0.15) is 0 Å². The highest BCUT2D eigenvalue weighted by molar-refractivity contribution is 5.59. The molecule has 0 saturated heterocycles. The summed E-state index contributed by atoms with van der Waals surface area (Å²) < 4.78 is 6.40. The van der Waals surface area contributed by atoms with Crippen LogP contribution in [0.25, 0.3) is 0 Å². The molecule has 1 heterocycles. The number of pyridine rings is 1. The monoisotopic (exact) mass is 259 g/mol. The molecular weight excluding hydrogens is 242 g/mol. The van der Waals surface area contributed by atoms with Crippen molar-refractivity contribution in [1.82, 2.24) is 0 Å². The summed E-state index contributed by atoms with van der Waals surface area (Å²) in [6, 6.07) is 5.63. The van der Waals surface area contributed by atoms with E-state index in [0.717, 1.165) is 11.4 Å². The summed E-state index contributed by atoms with van der Waals surface area (Å²) in [5, 5.41) is 0. The second-order valence-corrected chi connectivity index (χ2v) is 4.15. The second kappa shape index (κ2) is 7.12. The highest BCUT2D eigenvalue weighted by Crippen LogP contribution is 1.95. The van der Waals surface area contributed by atoms with Gasteiger partial charge in [-0.15, -0.1) is 4.84 Å². The minimum atomic E-state index is -0.670. The predicted molar refractivity (Wildman–Crippen MR) is 58.9 cm³/mol. The van der Waals surface area contributed by atoms with Crippen molar-refractivity contribution in [3.8, 4) is 0 Å². The Kier molecular flexibility index (Phi) is 6.58. The van der Waals surface area contributed by atoms with Crippen molar-refractivity contribution in [3.63, 3.8) is 0 Å². The zero-order valence-corrected chi connectivity index (χ0v) is 11.3. The molecule has 0 N–H and O–H groups in total. The van der Waals surface area contributed by atoms with Crippen LogP contribution in [0.5, 0.6) is 0 Å². The molecule has 0 radical (unpaired) electrons. The number of rotatable bonds is 3. The first-order chi connectivity index (χ1) is 7.50. The van der Waals surface area contributed by atoms with Crippen molar-refractivity contribution in [1.29, 1.82) is 0 Å². The van der Waals surface area contributed by atoms with Gasteiger partial charge in [-0.25, -0.2) is 0 Å². The van der Waals surface area contributed by atoms with Crippen molar-refractivity contribution < 1.29 is 31.5 Å². The number of ether oxygens (including phenoxy) is 1. The third-order valence-electron chi connectivity index (χ3n) is 2.02. The van der Waals surface area contributed by atoms with Gasteiger partial charge in [0.25, 0.3) is 0 Å². The van der Waals surface area contributed by atoms with Crippen LogP contribution >= 0.6 is 0 Å². The van der Waals surface area contributed by atoms with Crippen LogP contribution in [0.4, 0.5) is 4.79 Å². The molecule has 0 atom stereocenters. The predicted octanol–water partition coefficient (Wildman–Crippen LogP) is -1.18. The Morgan fingerprint density at radius 1 is 1.29 bits per heavy atom. The lowest BCUT2D eigenvalue weighted by Crippen LogP contribution is -3.00. The molecule has 0 amide bonds. The summed E-state index contributed by atoms with van der Waals surface area (Å²) in [7, 11) is 0. The van der Waals surface area contributed by atoms with Gasteiger partial charge >= 0.3 is 6.16 Å². The van der Waals surface area contributed by atoms with E-state index in [1.165, 1.54) is 4.73 Å². The number of carbonyl (C=O) groups is 1. The molecule has 1 aromatic rings. The molecule has 4 nitrogen and oxygen atoms in total. The summed E-state index contributed by atoms with van der Waals surface area (Å²) in [4.78, 5) is 16.4. The van der Waals surface area contributed by atoms with E-state index < -0.39 is 6.16 Å². The molecular formula is C12H18ClNO3. The minimum absolute atomic E-state index is 0. The van der Waals surface area contributed by atoms with Crippen molar-refractivity contribution in [2.24, 2.45) is 5.92 Å². The third kappa shape index (κ3) is 5.04. The van der Waals surface area contributed by atoms with Gasteiger partial charge in [-0.05, 0) is 12.0 Å². The largest absolute Gasteiger partial charge is 1.00 e. The maximum Gasteiger partial charge on any atom is 0.572 e. The molecule has 0 fully saturated rings. The summed E-state index contributed by atoms with van der Waals surface area (Å²) in [5.74, 6) is 0.301. The zero-order chi connectivity index (χ0) is 12.1. The average molecular weight is 260 g/mol. The SMILES string of the molecule is Cc1cccc(C)[n+]1OC(=O)OCC(C)C.[Cl-]. The van der Waals surface area contributed by atoms with E-state index >= 15 is 0 Å². The zero-order valence-electron chi connectivity index (χ0n) is 10.6. The molecule has 5 heteroatoms. The maximum absolute atomic E-state index is 11.4. The highest BCUT2D eigenvalue weighted by atomic mass is 35.5. The minimum Gasteiger partial charge on any atom is -1.00 e. The van der Waals surface area contributed by atoms with E-state index in [-0.39, 0.29) is 12.4 Å². The molecule has 96 valence electrons. The van der Waals surface area contributed by atoms with E-state index in [1.807, 2.05) is 45.9 Å². The first kappa shape index (κ1) is 15.7. The molecule has 0 aliphatic rings. The van der Waals surface area contributed by atoms with Crippen LogP contribution in [0.3, 0.4) is 0 Å². The van der Waals surface area contributed by atoms with E-state index in [4.69, 9.17) is 9.57 Å². The fourth-order valence-electron chi connectivity index (χ4n) is 1.22. The summed E-state index contributed by atoms with van der Waals surface area (Å²) in [6.07, 6.45) is -0.670. The highest BCUT2D eigenvalue weighted by Gasteiger charge is 2.18. The third-order valence-corrected chi connectivity index (χ3v) is 2.02. The van der Waals surface area contributed by atoms with Gasteiger partial charge in [0.2, 0.25) is 11.4 Å².